The Bertz CT molecular complexity index is 228. The van der Waals surface area contributed by atoms with Gasteiger partial charge in [-0.25, -0.2) is 0 Å². The van der Waals surface area contributed by atoms with Gasteiger partial charge in [0, 0.05) is 32.2 Å². The predicted molar refractivity (Wildman–Crippen MR) is 100 cm³/mol. The van der Waals surface area contributed by atoms with Gasteiger partial charge in [0.15, 0.2) is 0 Å². The van der Waals surface area contributed by atoms with E-state index in [0.717, 1.165) is 97.6 Å². The van der Waals surface area contributed by atoms with Gasteiger partial charge in [-0.1, -0.05) is 0 Å². The summed E-state index contributed by atoms with van der Waals surface area (Å²) in [5.41, 5.74) is 22.8. The molecule has 0 amide bonds. The lowest BCUT2D eigenvalue weighted by atomic mass is 10.1. The first-order valence-corrected chi connectivity index (χ1v) is 9.24. The molecule has 0 spiro atoms. The molecule has 0 aliphatic heterocycles. The third kappa shape index (κ3) is 16.4. The van der Waals surface area contributed by atoms with Crippen molar-refractivity contribution in [2.24, 2.45) is 22.9 Å². The van der Waals surface area contributed by atoms with Crippen LogP contribution < -0.4 is 33.6 Å². The van der Waals surface area contributed by atoms with Crippen molar-refractivity contribution in [3.63, 3.8) is 0 Å². The number of rotatable bonds is 18. The Morgan fingerprint density at radius 2 is 1.30 bits per heavy atom. The second kappa shape index (κ2) is 18.1. The average Bonchev–Trinajstić information content (AvgIpc) is 2.56. The lowest BCUT2D eigenvalue weighted by molar-refractivity contribution is 0.259. The molecule has 7 heteroatoms. The smallest absolute Gasteiger partial charge is 0.0107 e. The highest BCUT2D eigenvalue weighted by Gasteiger charge is 2.08. The van der Waals surface area contributed by atoms with Crippen LogP contribution in [-0.4, -0.2) is 76.4 Å². The van der Waals surface area contributed by atoms with Gasteiger partial charge in [-0.15, -0.1) is 0 Å². The number of nitrogens with zero attached hydrogens (tertiary/aromatic N) is 1. The minimum absolute atomic E-state index is 0.263. The zero-order valence-corrected chi connectivity index (χ0v) is 14.9. The van der Waals surface area contributed by atoms with Gasteiger partial charge in [0.25, 0.3) is 0 Å². The molecule has 0 saturated heterocycles. The van der Waals surface area contributed by atoms with Gasteiger partial charge in [-0.2, -0.15) is 0 Å². The van der Waals surface area contributed by atoms with E-state index in [4.69, 9.17) is 22.9 Å². The van der Waals surface area contributed by atoms with Crippen LogP contribution in [0.25, 0.3) is 0 Å². The fourth-order valence-electron chi connectivity index (χ4n) is 2.41. The lowest BCUT2D eigenvalue weighted by Crippen LogP contribution is -2.38. The zero-order valence-electron chi connectivity index (χ0n) is 14.9. The van der Waals surface area contributed by atoms with Crippen LogP contribution in [-0.2, 0) is 0 Å². The molecule has 0 bridgehead atoms. The van der Waals surface area contributed by atoms with E-state index in [1.54, 1.807) is 0 Å². The normalized spacial score (nSPS) is 12.9. The molecule has 0 heterocycles. The molecule has 7 nitrogen and oxygen atoms in total. The van der Waals surface area contributed by atoms with Crippen LogP contribution in [0, 0.1) is 0 Å². The van der Waals surface area contributed by atoms with Crippen LogP contribution in [0.4, 0.5) is 0 Å². The third-order valence-electron chi connectivity index (χ3n) is 3.91. The van der Waals surface area contributed by atoms with Gasteiger partial charge in [-0.05, 0) is 71.4 Å². The van der Waals surface area contributed by atoms with E-state index >= 15 is 0 Å². The quantitative estimate of drug-likeness (QED) is 0.171. The number of nitrogens with two attached hydrogens (primary N) is 4. The Morgan fingerprint density at radius 3 is 1.96 bits per heavy atom. The molecule has 1 atom stereocenters. The van der Waals surface area contributed by atoms with Crippen molar-refractivity contribution < 1.29 is 0 Å². The lowest BCUT2D eigenvalue weighted by Gasteiger charge is -2.24. The van der Waals surface area contributed by atoms with Gasteiger partial charge >= 0.3 is 0 Å². The summed E-state index contributed by atoms with van der Waals surface area (Å²) in [7, 11) is 0. The zero-order chi connectivity index (χ0) is 17.2. The van der Waals surface area contributed by atoms with E-state index in [0.29, 0.717) is 0 Å². The van der Waals surface area contributed by atoms with Crippen molar-refractivity contribution in [3.05, 3.63) is 0 Å². The number of hydrogen-bond acceptors (Lipinski definition) is 7. The Labute approximate surface area is 142 Å². The first-order chi connectivity index (χ1) is 11.2. The van der Waals surface area contributed by atoms with Crippen LogP contribution >= 0.6 is 0 Å². The van der Waals surface area contributed by atoms with Crippen LogP contribution in [0.5, 0.6) is 0 Å². The van der Waals surface area contributed by atoms with E-state index in [2.05, 4.69) is 15.5 Å². The van der Waals surface area contributed by atoms with Gasteiger partial charge in [0.2, 0.25) is 0 Å². The Kier molecular flexibility index (Phi) is 17.8. The molecule has 140 valence electrons. The van der Waals surface area contributed by atoms with Crippen LogP contribution in [0.2, 0.25) is 0 Å². The van der Waals surface area contributed by atoms with Gasteiger partial charge in [-0.3, -0.25) is 0 Å². The summed E-state index contributed by atoms with van der Waals surface area (Å²) < 4.78 is 0. The average molecular weight is 332 g/mol. The van der Waals surface area contributed by atoms with Gasteiger partial charge in [0.05, 0.1) is 0 Å². The molecular formula is C16H41N7. The highest BCUT2D eigenvalue weighted by Crippen LogP contribution is 2.01. The van der Waals surface area contributed by atoms with Crippen LogP contribution in [0.1, 0.15) is 32.1 Å². The van der Waals surface area contributed by atoms with Crippen molar-refractivity contribution >= 4 is 0 Å². The molecule has 10 N–H and O–H groups in total. The fraction of sp³-hybridized carbons (Fsp3) is 1.00. The second-order valence-corrected chi connectivity index (χ2v) is 6.11. The first kappa shape index (κ1) is 22.7. The molecule has 0 aromatic rings. The maximum Gasteiger partial charge on any atom is 0.0107 e. The minimum atomic E-state index is 0.263. The summed E-state index contributed by atoms with van der Waals surface area (Å²) in [5, 5.41) is 6.85. The van der Waals surface area contributed by atoms with Gasteiger partial charge in [0.1, 0.15) is 0 Å². The largest absolute Gasteiger partial charge is 0.330 e. The summed E-state index contributed by atoms with van der Waals surface area (Å²) in [4.78, 5) is 2.46. The van der Waals surface area contributed by atoms with Crippen molar-refractivity contribution in [2.75, 3.05) is 65.4 Å². The van der Waals surface area contributed by atoms with E-state index in [1.165, 1.54) is 0 Å². The van der Waals surface area contributed by atoms with Crippen LogP contribution in [0.3, 0.4) is 0 Å². The van der Waals surface area contributed by atoms with Crippen molar-refractivity contribution in [3.8, 4) is 0 Å². The highest BCUT2D eigenvalue weighted by atomic mass is 15.1. The molecular weight excluding hydrogens is 290 g/mol. The second-order valence-electron chi connectivity index (χ2n) is 6.11. The number of hydrogen-bond donors (Lipinski definition) is 6. The Balaban J connectivity index is 3.70. The summed E-state index contributed by atoms with van der Waals surface area (Å²) in [6.45, 7) is 9.36. The van der Waals surface area contributed by atoms with Gasteiger partial charge < -0.3 is 38.5 Å². The Morgan fingerprint density at radius 1 is 0.652 bits per heavy atom. The third-order valence-corrected chi connectivity index (χ3v) is 3.91. The van der Waals surface area contributed by atoms with Crippen molar-refractivity contribution in [2.45, 2.75) is 38.1 Å². The Hall–Kier alpha value is -0.280. The van der Waals surface area contributed by atoms with Crippen LogP contribution in [0.15, 0.2) is 0 Å². The molecule has 1 unspecified atom stereocenters. The molecule has 0 rings (SSSR count). The maximum atomic E-state index is 6.13. The SMILES string of the molecule is NCCCNCCNCCN(CCCN)CCC(N)CCCN. The molecule has 0 aromatic heterocycles. The molecule has 0 saturated carbocycles. The summed E-state index contributed by atoms with van der Waals surface area (Å²) >= 11 is 0. The molecule has 0 fully saturated rings. The molecule has 0 aromatic carbocycles. The molecule has 0 aliphatic rings. The first-order valence-electron chi connectivity index (χ1n) is 9.24. The van der Waals surface area contributed by atoms with E-state index < -0.39 is 0 Å². The van der Waals surface area contributed by atoms with E-state index in [1.807, 2.05) is 0 Å². The van der Waals surface area contributed by atoms with E-state index in [9.17, 15) is 0 Å². The minimum Gasteiger partial charge on any atom is -0.330 e. The highest BCUT2D eigenvalue weighted by molar-refractivity contribution is 4.67. The van der Waals surface area contributed by atoms with E-state index in [-0.39, 0.29) is 6.04 Å². The topological polar surface area (TPSA) is 131 Å². The predicted octanol–water partition coefficient (Wildman–Crippen LogP) is -1.38. The summed E-state index contributed by atoms with van der Waals surface area (Å²) in [6.07, 6.45) is 5.15. The maximum absolute atomic E-state index is 6.13. The number of nitrogens with one attached hydrogen (secondary N) is 2. The summed E-state index contributed by atoms with van der Waals surface area (Å²) in [5.74, 6) is 0. The standard InChI is InChI=1S/C16H41N7/c17-6-1-4-16(20)5-14-23(13-3-8-19)15-12-22-11-10-21-9-2-7-18/h16,21-22H,1-15,17-20H2. The monoisotopic (exact) mass is 331 g/mol. The molecule has 0 aliphatic carbocycles. The molecule has 0 radical (unpaired) electrons. The van der Waals surface area contributed by atoms with Crippen molar-refractivity contribution in [1.82, 2.24) is 15.5 Å². The molecule has 23 heavy (non-hydrogen) atoms. The summed E-state index contributed by atoms with van der Waals surface area (Å²) in [6, 6.07) is 0.263. The van der Waals surface area contributed by atoms with Crippen molar-refractivity contribution in [1.29, 1.82) is 0 Å². The fourth-order valence-corrected chi connectivity index (χ4v) is 2.41.